The monoisotopic (exact) mass is 1100 g/mol. The molecule has 5 N–H and O–H groups in total. The maximum atomic E-state index is 14.2. The normalized spacial score (nSPS) is 17.6. The lowest BCUT2D eigenvalue weighted by molar-refractivity contribution is -0.145. The SMILES string of the molecule is CCN(c1cc(-c2ccc(CN3CCOCC3)cc2)cc(C(=O)NCc2c(C)cc(C)[nH]c2=O)c1C)C1CCN(C(=O)COCC(=O)N[C@H](C(=O)N2C[C@@H](O)C[C@H]2C(=O)NCc2ccc(-c3scnc3C)cc2)C(C)(C)C)CC1. The zero-order valence-electron chi connectivity index (χ0n) is 46.9. The Labute approximate surface area is 467 Å². The molecule has 0 saturated carbocycles. The van der Waals surface area contributed by atoms with Crippen molar-refractivity contribution in [2.45, 2.75) is 119 Å². The molecular weight excluding hydrogens is 1020 g/mol. The molecule has 3 saturated heterocycles. The number of hydrogen-bond acceptors (Lipinski definition) is 13. The third-order valence-corrected chi connectivity index (χ3v) is 16.4. The summed E-state index contributed by atoms with van der Waals surface area (Å²) in [6.45, 7) is 20.1. The number of piperidine rings is 1. The zero-order valence-corrected chi connectivity index (χ0v) is 47.7. The number of carbonyl (C=O) groups excluding carboxylic acids is 5. The van der Waals surface area contributed by atoms with Crippen LogP contribution >= 0.6 is 11.3 Å². The third kappa shape index (κ3) is 14.5. The van der Waals surface area contributed by atoms with Crippen molar-refractivity contribution in [1.82, 2.24) is 40.6 Å². The van der Waals surface area contributed by atoms with E-state index in [0.717, 1.165) is 88.2 Å². The molecule has 19 heteroatoms. The number of amides is 5. The van der Waals surface area contributed by atoms with Gasteiger partial charge in [0.05, 0.1) is 35.4 Å². The molecule has 3 atom stereocenters. The van der Waals surface area contributed by atoms with E-state index in [4.69, 9.17) is 9.47 Å². The molecule has 5 heterocycles. The summed E-state index contributed by atoms with van der Waals surface area (Å²) in [5, 5.41) is 19.5. The maximum absolute atomic E-state index is 14.2. The molecule has 0 aliphatic carbocycles. The molecule has 3 aromatic carbocycles. The van der Waals surface area contributed by atoms with Crippen LogP contribution in [0, 0.1) is 33.1 Å². The Bertz CT molecular complexity index is 3030. The predicted molar refractivity (Wildman–Crippen MR) is 306 cm³/mol. The molecular formula is C60H77N9O9S. The quantitative estimate of drug-likeness (QED) is 0.0663. The summed E-state index contributed by atoms with van der Waals surface area (Å²) in [5.74, 6) is -2.04. The molecule has 5 aromatic rings. The standard InChI is InChI=1S/C60H77N9O9S/c1-9-68(50-28-45(43-14-12-42(13-15-43)32-66-22-24-77-25-23-66)27-48(39(50)4)56(73)62-31-49-37(2)26-38(3)64-57(49)74)46-18-20-67(21-19-46)53(72)35-78-34-52(71)65-55(60(6,7)8)59(76)69-33-47(70)29-51(69)58(75)61-30-41-10-16-44(17-11-41)54-40(5)63-36-79-54/h10-17,26-28,36,46-47,51,55,70H,9,18-25,29-35H2,1-8H3,(H,61,75)(H,62,73)(H,64,74)(H,65,71)/t47-,51-,55+/m0/s1. The fraction of sp³-hybridized carbons (Fsp3) is 0.483. The summed E-state index contributed by atoms with van der Waals surface area (Å²) >= 11 is 1.56. The Morgan fingerprint density at radius 2 is 1.56 bits per heavy atom. The lowest BCUT2D eigenvalue weighted by atomic mass is 9.85. The minimum atomic E-state index is -1.06. The highest BCUT2D eigenvalue weighted by molar-refractivity contribution is 7.13. The molecule has 0 bridgehead atoms. The van der Waals surface area contributed by atoms with E-state index in [-0.39, 0.29) is 56.1 Å². The molecule has 79 heavy (non-hydrogen) atoms. The maximum Gasteiger partial charge on any atom is 0.253 e. The number of aliphatic hydroxyl groups excluding tert-OH is 1. The molecule has 0 unspecified atom stereocenters. The molecule has 0 spiro atoms. The average Bonchev–Trinajstić information content (AvgIpc) is 4.16. The highest BCUT2D eigenvalue weighted by Crippen LogP contribution is 2.35. The molecule has 18 nitrogen and oxygen atoms in total. The second kappa shape index (κ2) is 26.0. The van der Waals surface area contributed by atoms with Crippen molar-refractivity contribution in [3.8, 4) is 21.6 Å². The van der Waals surface area contributed by atoms with Crippen LogP contribution in [-0.4, -0.2) is 149 Å². The molecule has 5 amide bonds. The van der Waals surface area contributed by atoms with Crippen molar-refractivity contribution in [3.63, 3.8) is 0 Å². The van der Waals surface area contributed by atoms with Gasteiger partial charge in [0.15, 0.2) is 0 Å². The first-order chi connectivity index (χ1) is 37.8. The molecule has 2 aromatic heterocycles. The van der Waals surface area contributed by atoms with Crippen molar-refractivity contribution in [3.05, 3.63) is 127 Å². The number of β-amino-alcohol motifs (C(OH)–C–C–N with tert-alkyl or cyclic N) is 1. The minimum absolute atomic E-state index is 0.0427. The number of pyridine rings is 1. The van der Waals surface area contributed by atoms with Crippen LogP contribution in [0.2, 0.25) is 0 Å². The third-order valence-electron chi connectivity index (χ3n) is 15.4. The number of nitrogens with one attached hydrogen (secondary N) is 4. The zero-order chi connectivity index (χ0) is 56.5. The van der Waals surface area contributed by atoms with E-state index in [9.17, 15) is 33.9 Å². The number of likely N-dealkylation sites (tertiary alicyclic amines) is 2. The first-order valence-electron chi connectivity index (χ1n) is 27.5. The molecule has 3 aliphatic rings. The fourth-order valence-electron chi connectivity index (χ4n) is 10.9. The number of aromatic nitrogens is 2. The number of carbonyl (C=O) groups is 5. The van der Waals surface area contributed by atoms with Gasteiger partial charge in [0.25, 0.3) is 11.5 Å². The number of thiazole rings is 1. The van der Waals surface area contributed by atoms with Gasteiger partial charge in [-0.05, 0) is 110 Å². The van der Waals surface area contributed by atoms with Crippen LogP contribution in [0.1, 0.15) is 96.5 Å². The molecule has 422 valence electrons. The van der Waals surface area contributed by atoms with Crippen LogP contribution in [-0.2, 0) is 48.3 Å². The fourth-order valence-corrected chi connectivity index (χ4v) is 11.8. The number of rotatable bonds is 19. The molecule has 8 rings (SSSR count). The first kappa shape index (κ1) is 58.4. The van der Waals surface area contributed by atoms with Gasteiger partial charge in [0.2, 0.25) is 23.6 Å². The number of aryl methyl sites for hydroxylation is 3. The van der Waals surface area contributed by atoms with Crippen molar-refractivity contribution in [1.29, 1.82) is 0 Å². The summed E-state index contributed by atoms with van der Waals surface area (Å²) in [7, 11) is 0. The number of H-pyrrole nitrogens is 1. The number of morpholine rings is 1. The summed E-state index contributed by atoms with van der Waals surface area (Å²) < 4.78 is 11.2. The van der Waals surface area contributed by atoms with Crippen LogP contribution in [0.4, 0.5) is 5.69 Å². The summed E-state index contributed by atoms with van der Waals surface area (Å²) in [4.78, 5) is 98.0. The van der Waals surface area contributed by atoms with Crippen molar-refractivity contribution in [2.24, 2.45) is 5.41 Å². The van der Waals surface area contributed by atoms with Gasteiger partial charge in [-0.15, -0.1) is 11.3 Å². The van der Waals surface area contributed by atoms with Gasteiger partial charge in [0.1, 0.15) is 25.3 Å². The summed E-state index contributed by atoms with van der Waals surface area (Å²) in [6.07, 6.45) is 0.441. The van der Waals surface area contributed by atoms with Crippen LogP contribution in [0.3, 0.4) is 0 Å². The molecule has 3 fully saturated rings. The topological polar surface area (TPSA) is 219 Å². The Kier molecular flexibility index (Phi) is 19.2. The lowest BCUT2D eigenvalue weighted by Crippen LogP contribution is -2.58. The van der Waals surface area contributed by atoms with Gasteiger partial charge in [-0.25, -0.2) is 4.98 Å². The Morgan fingerprint density at radius 1 is 0.873 bits per heavy atom. The summed E-state index contributed by atoms with van der Waals surface area (Å²) in [5.41, 5.74) is 11.0. The Hall–Kier alpha value is -6.77. The largest absolute Gasteiger partial charge is 0.391 e. The minimum Gasteiger partial charge on any atom is -0.391 e. The predicted octanol–water partition coefficient (Wildman–Crippen LogP) is 5.80. The van der Waals surface area contributed by atoms with E-state index < -0.39 is 47.9 Å². The van der Waals surface area contributed by atoms with E-state index in [1.165, 1.54) is 10.5 Å². The average molecular weight is 1100 g/mol. The number of aromatic amines is 1. The van der Waals surface area contributed by atoms with E-state index >= 15 is 0 Å². The van der Waals surface area contributed by atoms with E-state index in [0.29, 0.717) is 43.6 Å². The van der Waals surface area contributed by atoms with Crippen LogP contribution in [0.25, 0.3) is 21.6 Å². The van der Waals surface area contributed by atoms with Crippen LogP contribution in [0.15, 0.2) is 77.0 Å². The highest BCUT2D eigenvalue weighted by atomic mass is 32.1. The van der Waals surface area contributed by atoms with Crippen molar-refractivity contribution < 1.29 is 38.6 Å². The van der Waals surface area contributed by atoms with Gasteiger partial charge in [0, 0.05) is 93.9 Å². The van der Waals surface area contributed by atoms with Gasteiger partial charge in [-0.1, -0.05) is 69.3 Å². The number of benzene rings is 3. The number of ether oxygens (including phenoxy) is 2. The van der Waals surface area contributed by atoms with E-state index in [1.54, 1.807) is 42.5 Å². The van der Waals surface area contributed by atoms with E-state index in [1.807, 2.05) is 64.1 Å². The van der Waals surface area contributed by atoms with Gasteiger partial charge < -0.3 is 50.2 Å². The number of anilines is 1. The second-order valence-corrected chi connectivity index (χ2v) is 23.1. The van der Waals surface area contributed by atoms with E-state index in [2.05, 4.69) is 73.0 Å². The van der Waals surface area contributed by atoms with Crippen LogP contribution < -0.4 is 26.4 Å². The molecule has 3 aliphatic heterocycles. The summed E-state index contributed by atoms with van der Waals surface area (Å²) in [6, 6.07) is 20.3. The number of hydrogen-bond donors (Lipinski definition) is 5. The van der Waals surface area contributed by atoms with Crippen molar-refractivity contribution in [2.75, 3.05) is 70.6 Å². The van der Waals surface area contributed by atoms with Gasteiger partial charge in [-0.2, -0.15) is 0 Å². The van der Waals surface area contributed by atoms with Gasteiger partial charge >= 0.3 is 0 Å². The van der Waals surface area contributed by atoms with Crippen molar-refractivity contribution >= 4 is 46.6 Å². The van der Waals surface area contributed by atoms with Crippen LogP contribution in [0.5, 0.6) is 0 Å². The Morgan fingerprint density at radius 3 is 2.20 bits per heavy atom. The van der Waals surface area contributed by atoms with Gasteiger partial charge in [-0.3, -0.25) is 33.7 Å². The second-order valence-electron chi connectivity index (χ2n) is 22.2. The highest BCUT2D eigenvalue weighted by Gasteiger charge is 2.44. The Balaban J connectivity index is 0.867. The molecule has 0 radical (unpaired) electrons. The first-order valence-corrected chi connectivity index (χ1v) is 28.3. The number of nitrogens with zero attached hydrogens (tertiary/aromatic N) is 5. The lowest BCUT2D eigenvalue weighted by Gasteiger charge is -2.40. The smallest absolute Gasteiger partial charge is 0.253 e. The number of aliphatic hydroxyl groups is 1.